The maximum atomic E-state index is 2.43. The zero-order valence-corrected chi connectivity index (χ0v) is 81.2. The third kappa shape index (κ3) is 15.7. The molecule has 0 bridgehead atoms. The van der Waals surface area contributed by atoms with Crippen LogP contribution in [0, 0.1) is 0 Å². The predicted molar refractivity (Wildman–Crippen MR) is 630 cm³/mol. The summed E-state index contributed by atoms with van der Waals surface area (Å²) in [7, 11) is 0. The molecule has 28 aromatic rings. The molecule has 148 heavy (non-hydrogen) atoms. The third-order valence-electron chi connectivity index (χ3n) is 29.9. The molecule has 4 nitrogen and oxygen atoms in total. The number of hydrogen-bond acceptors (Lipinski definition) is 2. The van der Waals surface area contributed by atoms with Crippen molar-refractivity contribution in [1.82, 2.24) is 9.13 Å². The van der Waals surface area contributed by atoms with E-state index in [9.17, 15) is 0 Å². The van der Waals surface area contributed by atoms with Gasteiger partial charge in [0.1, 0.15) is 0 Å². The molecule has 0 amide bonds. The summed E-state index contributed by atoms with van der Waals surface area (Å²) in [5, 5.41) is 19.6. The second-order valence-corrected chi connectivity index (χ2v) is 38.4. The largest absolute Gasteiger partial charge is 0.310 e. The van der Waals surface area contributed by atoms with Gasteiger partial charge < -0.3 is 18.9 Å². The Hall–Kier alpha value is -19.5. The number of anilines is 6. The average Bonchev–Trinajstić information content (AvgIpc) is 1.16. The number of nitrogens with zero attached hydrogens (tertiary/aromatic N) is 4. The van der Waals surface area contributed by atoms with Crippen molar-refractivity contribution in [3.8, 4) is 123 Å². The van der Waals surface area contributed by atoms with E-state index < -0.39 is 0 Å². The van der Waals surface area contributed by atoms with Gasteiger partial charge in [0.25, 0.3) is 0 Å². The van der Waals surface area contributed by atoms with Crippen LogP contribution in [0.1, 0.15) is 0 Å². The van der Waals surface area contributed by atoms with Crippen molar-refractivity contribution in [3.05, 3.63) is 582 Å². The number of aromatic nitrogens is 2. The summed E-state index contributed by atoms with van der Waals surface area (Å²) >= 11 is 0. The fourth-order valence-electron chi connectivity index (χ4n) is 23.2. The number of benzene rings is 26. The van der Waals surface area contributed by atoms with Crippen LogP contribution in [0.25, 0.3) is 231 Å². The third-order valence-corrected chi connectivity index (χ3v) is 29.9. The van der Waals surface area contributed by atoms with Crippen molar-refractivity contribution in [3.63, 3.8) is 0 Å². The highest BCUT2D eigenvalue weighted by atomic mass is 15.2. The number of hydrogen-bond donors (Lipinski definition) is 0. The van der Waals surface area contributed by atoms with Crippen LogP contribution in [0.2, 0.25) is 0 Å². The molecule has 0 spiro atoms. The van der Waals surface area contributed by atoms with Gasteiger partial charge >= 0.3 is 0 Å². The number of fused-ring (bicyclic) bond motifs is 12. The summed E-state index contributed by atoms with van der Waals surface area (Å²) in [5.41, 5.74) is 37.9. The minimum atomic E-state index is 1.08. The zero-order valence-electron chi connectivity index (χ0n) is 81.2. The van der Waals surface area contributed by atoms with E-state index in [1.165, 1.54) is 220 Å². The van der Waals surface area contributed by atoms with Crippen molar-refractivity contribution in [1.29, 1.82) is 0 Å². The quantitative estimate of drug-likeness (QED) is 0.0796. The molecule has 0 radical (unpaired) electrons. The normalized spacial score (nSPS) is 11.5. The van der Waals surface area contributed by atoms with Crippen LogP contribution in [0.4, 0.5) is 34.1 Å². The Morgan fingerprint density at radius 3 is 0.696 bits per heavy atom. The van der Waals surface area contributed by atoms with Crippen molar-refractivity contribution in [2.75, 3.05) is 9.80 Å². The first kappa shape index (κ1) is 87.5. The molecule has 0 saturated carbocycles. The van der Waals surface area contributed by atoms with Crippen LogP contribution in [0.3, 0.4) is 0 Å². The lowest BCUT2D eigenvalue weighted by Gasteiger charge is -2.28. The number of rotatable bonds is 18. The van der Waals surface area contributed by atoms with Crippen LogP contribution in [-0.2, 0) is 0 Å². The SMILES string of the molecule is c1ccc(-c2ccc(-c3c4ccccc4c(-c4ccc(N(c5ccccc5)c5ccc(-n6c7ccc(-c8ccccc8)cc7c7cc(-c8ccccc8)ccc76)cc5)c5ccccc45)c4ccccc34)cc2)cc1.c1ccc(-c2cccc(-c3c4ccccc4c(-c4cccc5c(N(c6ccccc6)c6ccc(-n7c8ccc(-c9ccccc9)cc8c8cc(-c9ccccc9)ccc87)cc6)cccc45)c4ccccc34)c2)cc1. The molecular weight excluding hydrogens is 1790 g/mol. The molecule has 0 N–H and O–H groups in total. The summed E-state index contributed by atoms with van der Waals surface area (Å²) < 4.78 is 4.85. The molecule has 692 valence electrons. The van der Waals surface area contributed by atoms with Gasteiger partial charge in [-0.2, -0.15) is 0 Å². The molecule has 0 unspecified atom stereocenters. The molecule has 2 heterocycles. The van der Waals surface area contributed by atoms with Crippen molar-refractivity contribution in [2.45, 2.75) is 0 Å². The van der Waals surface area contributed by atoms with Gasteiger partial charge in [-0.25, -0.2) is 0 Å². The highest BCUT2D eigenvalue weighted by Crippen LogP contribution is 2.53. The highest BCUT2D eigenvalue weighted by Gasteiger charge is 2.28. The van der Waals surface area contributed by atoms with Gasteiger partial charge in [0, 0.05) is 66.4 Å². The zero-order chi connectivity index (χ0) is 97.9. The van der Waals surface area contributed by atoms with E-state index in [-0.39, 0.29) is 0 Å². The second-order valence-electron chi connectivity index (χ2n) is 38.4. The average molecular weight is 1880 g/mol. The van der Waals surface area contributed by atoms with Crippen LogP contribution in [0.5, 0.6) is 0 Å². The van der Waals surface area contributed by atoms with E-state index in [4.69, 9.17) is 0 Å². The lowest BCUT2D eigenvalue weighted by atomic mass is 9.84. The molecular formula is C144H96N4. The molecule has 0 atom stereocenters. The lowest BCUT2D eigenvalue weighted by molar-refractivity contribution is 1.17. The van der Waals surface area contributed by atoms with Crippen molar-refractivity contribution < 1.29 is 0 Å². The van der Waals surface area contributed by atoms with E-state index in [0.717, 1.165) is 45.5 Å². The van der Waals surface area contributed by atoms with E-state index in [1.54, 1.807) is 0 Å². The monoisotopic (exact) mass is 1880 g/mol. The van der Waals surface area contributed by atoms with Crippen LogP contribution in [0.15, 0.2) is 582 Å². The first-order valence-electron chi connectivity index (χ1n) is 51.0. The molecule has 0 aliphatic heterocycles. The first-order chi connectivity index (χ1) is 73.5. The standard InChI is InChI=1S/2C72H48N2/c1-5-20-49(21-6-1)52-26-17-27-55(46-52)71-62-30-13-15-32-64(62)72(65-33-16-14-31-63(65)71)61-36-18-35-60-59(61)34-19-37-68(60)73(56-28-11-4-12-29-56)57-40-42-58(43-41-57)74-69-44-38-53(50-22-7-2-8-23-50)47-66(69)67-48-54(39-45-70(67)74)51-24-9-3-10-25-51;1-5-19-49(20-6-1)52-33-35-53(36-34-52)71-61-29-15-17-31-63(61)72(64-32-18-16-30-62(64)71)65-43-46-68(60-28-14-13-27-59(60)65)73(56-25-11-4-12-26-56)57-39-41-58(42-40-57)74-69-44-37-54(50-21-7-2-8-22-50)47-66(69)67-48-55(38-45-70(67)74)51-23-9-3-10-24-51/h2*1-48H. The van der Waals surface area contributed by atoms with Gasteiger partial charge in [-0.15, -0.1) is 0 Å². The summed E-state index contributed by atoms with van der Waals surface area (Å²) in [6.45, 7) is 0. The molecule has 28 rings (SSSR count). The molecule has 0 saturated heterocycles. The maximum Gasteiger partial charge on any atom is 0.0541 e. The van der Waals surface area contributed by atoms with E-state index in [1.807, 2.05) is 0 Å². The van der Waals surface area contributed by atoms with Gasteiger partial charge in [0.05, 0.1) is 33.4 Å². The minimum absolute atomic E-state index is 1.08. The van der Waals surface area contributed by atoms with Gasteiger partial charge in [0.15, 0.2) is 0 Å². The van der Waals surface area contributed by atoms with E-state index >= 15 is 0 Å². The van der Waals surface area contributed by atoms with Gasteiger partial charge in [-0.1, -0.05) is 443 Å². The lowest BCUT2D eigenvalue weighted by Crippen LogP contribution is -2.10. The Balaban J connectivity index is 0.000000146. The summed E-state index contributed by atoms with van der Waals surface area (Å²) in [6, 6.07) is 213. The van der Waals surface area contributed by atoms with E-state index in [2.05, 4.69) is 601 Å². The van der Waals surface area contributed by atoms with Crippen LogP contribution < -0.4 is 9.80 Å². The fourth-order valence-corrected chi connectivity index (χ4v) is 23.2. The van der Waals surface area contributed by atoms with E-state index in [0.29, 0.717) is 0 Å². The minimum Gasteiger partial charge on any atom is -0.310 e. The Labute approximate surface area is 860 Å². The highest BCUT2D eigenvalue weighted by molar-refractivity contribution is 6.27. The summed E-state index contributed by atoms with van der Waals surface area (Å²) in [6.07, 6.45) is 0. The Kier molecular flexibility index (Phi) is 22.3. The molecule has 0 fully saturated rings. The second kappa shape index (κ2) is 37.7. The summed E-state index contributed by atoms with van der Waals surface area (Å²) in [4.78, 5) is 4.83. The van der Waals surface area contributed by atoms with Crippen molar-refractivity contribution >= 4 is 142 Å². The fraction of sp³-hybridized carbons (Fsp3) is 0. The maximum absolute atomic E-state index is 2.43. The molecule has 26 aromatic carbocycles. The summed E-state index contributed by atoms with van der Waals surface area (Å²) in [5.74, 6) is 0. The molecule has 4 heteroatoms. The van der Waals surface area contributed by atoms with Crippen LogP contribution >= 0.6 is 0 Å². The number of para-hydroxylation sites is 2. The van der Waals surface area contributed by atoms with Crippen LogP contribution in [-0.4, -0.2) is 9.13 Å². The van der Waals surface area contributed by atoms with Crippen molar-refractivity contribution in [2.24, 2.45) is 0 Å². The predicted octanol–water partition coefficient (Wildman–Crippen LogP) is 40.1. The van der Waals surface area contributed by atoms with Gasteiger partial charge in [-0.05, 0) is 305 Å². The Morgan fingerprint density at radius 1 is 0.115 bits per heavy atom. The first-order valence-corrected chi connectivity index (χ1v) is 51.0. The van der Waals surface area contributed by atoms with Gasteiger partial charge in [0.2, 0.25) is 0 Å². The molecule has 2 aromatic heterocycles. The molecule has 0 aliphatic rings. The molecule has 0 aliphatic carbocycles. The van der Waals surface area contributed by atoms with Gasteiger partial charge in [-0.3, -0.25) is 0 Å². The topological polar surface area (TPSA) is 16.3 Å². The Bertz CT molecular complexity index is 9590. The smallest absolute Gasteiger partial charge is 0.0541 e. The Morgan fingerprint density at radius 2 is 0.338 bits per heavy atom.